The van der Waals surface area contributed by atoms with E-state index in [0.29, 0.717) is 18.4 Å². The van der Waals surface area contributed by atoms with E-state index in [4.69, 9.17) is 4.74 Å². The molecule has 3 atom stereocenters. The van der Waals surface area contributed by atoms with Gasteiger partial charge < -0.3 is 15.0 Å². The molecule has 0 spiro atoms. The molecule has 1 aliphatic rings. The number of piperidine rings is 1. The molecule has 1 aromatic carbocycles. The Balaban J connectivity index is 0.00000312. The molecule has 6 heteroatoms. The third-order valence-corrected chi connectivity index (χ3v) is 4.81. The van der Waals surface area contributed by atoms with Crippen molar-refractivity contribution in [2.45, 2.75) is 26.2 Å². The van der Waals surface area contributed by atoms with Gasteiger partial charge in [0.25, 0.3) is 0 Å². The molecule has 0 radical (unpaired) electrons. The highest BCUT2D eigenvalue weighted by molar-refractivity contribution is 14.0. The van der Waals surface area contributed by atoms with E-state index in [9.17, 15) is 4.79 Å². The average molecular weight is 459 g/mol. The number of rotatable bonds is 4. The Morgan fingerprint density at radius 3 is 2.64 bits per heavy atom. The van der Waals surface area contributed by atoms with Crippen LogP contribution in [0.25, 0.3) is 0 Å². The largest absolute Gasteiger partial charge is 0.469 e. The van der Waals surface area contributed by atoms with Crippen LogP contribution in [0, 0.1) is 11.8 Å². The lowest BCUT2D eigenvalue weighted by atomic mass is 9.82. The van der Waals surface area contributed by atoms with E-state index in [-0.39, 0.29) is 35.9 Å². The zero-order chi connectivity index (χ0) is 17.5. The summed E-state index contributed by atoms with van der Waals surface area (Å²) in [7, 11) is 3.21. The Bertz CT molecular complexity index is 565. The summed E-state index contributed by atoms with van der Waals surface area (Å²) in [5.41, 5.74) is 1.42. The molecule has 25 heavy (non-hydrogen) atoms. The first-order valence-electron chi connectivity index (χ1n) is 8.65. The van der Waals surface area contributed by atoms with Gasteiger partial charge in [-0.1, -0.05) is 44.2 Å². The van der Waals surface area contributed by atoms with Crippen molar-refractivity contribution in [1.82, 2.24) is 10.2 Å². The molecule has 1 aromatic rings. The number of nitrogens with zero attached hydrogens (tertiary/aromatic N) is 2. The first kappa shape index (κ1) is 21.7. The minimum Gasteiger partial charge on any atom is -0.469 e. The van der Waals surface area contributed by atoms with E-state index in [1.165, 1.54) is 12.7 Å². The molecule has 1 fully saturated rings. The number of methoxy groups -OCH3 is 1. The molecule has 0 aliphatic carbocycles. The second-order valence-electron chi connectivity index (χ2n) is 6.58. The second kappa shape index (κ2) is 10.6. The van der Waals surface area contributed by atoms with Gasteiger partial charge in [0.1, 0.15) is 0 Å². The maximum Gasteiger partial charge on any atom is 0.310 e. The number of aliphatic imine (C=N–C) groups is 1. The lowest BCUT2D eigenvalue weighted by Crippen LogP contribution is -2.49. The van der Waals surface area contributed by atoms with Crippen molar-refractivity contribution in [3.05, 3.63) is 35.9 Å². The van der Waals surface area contributed by atoms with E-state index < -0.39 is 0 Å². The van der Waals surface area contributed by atoms with Crippen molar-refractivity contribution >= 4 is 35.9 Å². The number of likely N-dealkylation sites (tertiary alicyclic amines) is 1. The van der Waals surface area contributed by atoms with Crippen molar-refractivity contribution in [2.75, 3.05) is 33.8 Å². The Morgan fingerprint density at radius 2 is 2.08 bits per heavy atom. The average Bonchev–Trinajstić information content (AvgIpc) is 2.62. The maximum absolute atomic E-state index is 11.5. The van der Waals surface area contributed by atoms with Gasteiger partial charge in [-0.25, -0.2) is 0 Å². The van der Waals surface area contributed by atoms with Crippen LogP contribution >= 0.6 is 24.0 Å². The molecular weight excluding hydrogens is 429 g/mol. The molecular formula is C19H30IN3O2. The molecule has 140 valence electrons. The number of esters is 1. The van der Waals surface area contributed by atoms with Crippen molar-refractivity contribution < 1.29 is 9.53 Å². The summed E-state index contributed by atoms with van der Waals surface area (Å²) in [5, 5.41) is 3.30. The number of nitrogens with one attached hydrogen (secondary N) is 1. The maximum atomic E-state index is 11.5. The number of halogens is 1. The molecule has 2 rings (SSSR count). The highest BCUT2D eigenvalue weighted by Gasteiger charge is 2.28. The van der Waals surface area contributed by atoms with Crippen LogP contribution in [0.1, 0.15) is 31.7 Å². The standard InChI is InChI=1S/C19H29N3O2.HI/c1-14(18(23)24-4)12-21-19(20-3)22-11-10-17(15(2)13-22)16-8-6-5-7-9-16;/h5-9,14-15,17H,10-13H2,1-4H3,(H,20,21);1H. The van der Waals surface area contributed by atoms with Crippen LogP contribution in [0.4, 0.5) is 0 Å². The summed E-state index contributed by atoms with van der Waals surface area (Å²) in [4.78, 5) is 18.2. The highest BCUT2D eigenvalue weighted by atomic mass is 127. The fourth-order valence-electron chi connectivity index (χ4n) is 3.39. The molecule has 1 aliphatic heterocycles. The van der Waals surface area contributed by atoms with Gasteiger partial charge in [0.15, 0.2) is 5.96 Å². The Hall–Kier alpha value is -1.31. The Kier molecular flexibility index (Phi) is 9.24. The molecule has 3 unspecified atom stereocenters. The van der Waals surface area contributed by atoms with Gasteiger partial charge in [-0.2, -0.15) is 0 Å². The quantitative estimate of drug-likeness (QED) is 0.326. The lowest BCUT2D eigenvalue weighted by molar-refractivity contribution is -0.144. The number of benzene rings is 1. The number of carbonyl (C=O) groups is 1. The van der Waals surface area contributed by atoms with Crippen LogP contribution in [-0.2, 0) is 9.53 Å². The van der Waals surface area contributed by atoms with Crippen LogP contribution in [0.2, 0.25) is 0 Å². The van der Waals surface area contributed by atoms with Gasteiger partial charge in [-0.3, -0.25) is 9.79 Å². The molecule has 5 nitrogen and oxygen atoms in total. The van der Waals surface area contributed by atoms with Gasteiger partial charge in [0.2, 0.25) is 0 Å². The van der Waals surface area contributed by atoms with Crippen molar-refractivity contribution in [2.24, 2.45) is 16.8 Å². The SMILES string of the molecule is CN=C(NCC(C)C(=O)OC)N1CCC(c2ccccc2)C(C)C1.I. The summed E-state index contributed by atoms with van der Waals surface area (Å²) in [6.07, 6.45) is 1.11. The van der Waals surface area contributed by atoms with Crippen LogP contribution in [0.5, 0.6) is 0 Å². The molecule has 0 bridgehead atoms. The van der Waals surface area contributed by atoms with E-state index in [1.54, 1.807) is 7.05 Å². The molecule has 0 aromatic heterocycles. The topological polar surface area (TPSA) is 53.9 Å². The number of hydrogen-bond donors (Lipinski definition) is 1. The smallest absolute Gasteiger partial charge is 0.310 e. The van der Waals surface area contributed by atoms with Crippen LogP contribution < -0.4 is 5.32 Å². The lowest BCUT2D eigenvalue weighted by Gasteiger charge is -2.39. The van der Waals surface area contributed by atoms with Crippen molar-refractivity contribution in [3.63, 3.8) is 0 Å². The third kappa shape index (κ3) is 5.87. The Labute approximate surface area is 168 Å². The van der Waals surface area contributed by atoms with Gasteiger partial charge >= 0.3 is 5.97 Å². The van der Waals surface area contributed by atoms with Crippen molar-refractivity contribution in [3.8, 4) is 0 Å². The van der Waals surface area contributed by atoms with Crippen LogP contribution in [-0.4, -0.2) is 50.6 Å². The summed E-state index contributed by atoms with van der Waals surface area (Å²) in [6, 6.07) is 10.7. The van der Waals surface area contributed by atoms with Gasteiger partial charge in [-0.05, 0) is 23.8 Å². The number of hydrogen-bond acceptors (Lipinski definition) is 3. The molecule has 0 amide bonds. The first-order valence-corrected chi connectivity index (χ1v) is 8.65. The van der Waals surface area contributed by atoms with Crippen LogP contribution in [0.3, 0.4) is 0 Å². The summed E-state index contributed by atoms with van der Waals surface area (Å²) >= 11 is 0. The summed E-state index contributed by atoms with van der Waals surface area (Å²) < 4.78 is 4.77. The highest BCUT2D eigenvalue weighted by Crippen LogP contribution is 2.32. The van der Waals surface area contributed by atoms with E-state index in [0.717, 1.165) is 25.5 Å². The molecule has 0 saturated carbocycles. The van der Waals surface area contributed by atoms with E-state index in [1.807, 2.05) is 6.92 Å². The minimum absolute atomic E-state index is 0. The normalized spacial score (nSPS) is 21.9. The molecule has 1 saturated heterocycles. The number of guanidine groups is 1. The zero-order valence-electron chi connectivity index (χ0n) is 15.6. The Morgan fingerprint density at radius 1 is 1.40 bits per heavy atom. The van der Waals surface area contributed by atoms with Gasteiger partial charge in [-0.15, -0.1) is 24.0 Å². The molecule has 1 N–H and O–H groups in total. The number of ether oxygens (including phenoxy) is 1. The fraction of sp³-hybridized carbons (Fsp3) is 0.579. The predicted molar refractivity (Wildman–Crippen MR) is 112 cm³/mol. The van der Waals surface area contributed by atoms with Gasteiger partial charge in [0.05, 0.1) is 13.0 Å². The second-order valence-corrected chi connectivity index (χ2v) is 6.58. The first-order chi connectivity index (χ1) is 11.6. The minimum atomic E-state index is -0.200. The fourth-order valence-corrected chi connectivity index (χ4v) is 3.39. The van der Waals surface area contributed by atoms with Crippen LogP contribution in [0.15, 0.2) is 35.3 Å². The summed E-state index contributed by atoms with van der Waals surface area (Å²) in [6.45, 7) is 6.62. The zero-order valence-corrected chi connectivity index (χ0v) is 17.9. The van der Waals surface area contributed by atoms with Crippen molar-refractivity contribution in [1.29, 1.82) is 0 Å². The predicted octanol–water partition coefficient (Wildman–Crippen LogP) is 3.11. The monoisotopic (exact) mass is 459 g/mol. The van der Waals surface area contributed by atoms with E-state index in [2.05, 4.69) is 52.5 Å². The van der Waals surface area contributed by atoms with Gasteiger partial charge in [0, 0.05) is 26.7 Å². The summed E-state index contributed by atoms with van der Waals surface area (Å²) in [5.74, 6) is 1.62. The number of carbonyl (C=O) groups excluding carboxylic acids is 1. The van der Waals surface area contributed by atoms with E-state index >= 15 is 0 Å². The third-order valence-electron chi connectivity index (χ3n) is 4.81. The molecule has 1 heterocycles.